The van der Waals surface area contributed by atoms with Crippen molar-refractivity contribution in [2.75, 3.05) is 12.4 Å². The smallest absolute Gasteiger partial charge is 0.173 e. The Bertz CT molecular complexity index is 1100. The van der Waals surface area contributed by atoms with Crippen LogP contribution < -0.4 is 5.32 Å². The highest BCUT2D eigenvalue weighted by atomic mass is 35.5. The number of rotatable bonds is 6. The van der Waals surface area contributed by atoms with E-state index in [0.29, 0.717) is 22.2 Å². The SMILES string of the molecule is CCn1nc(C)c(CN(C)C(=S)Nc2c(C)nn(Cc3c(F)cccc3Cl)c2C)c1C. The average molecular weight is 463 g/mol. The molecule has 1 aromatic carbocycles. The summed E-state index contributed by atoms with van der Waals surface area (Å²) in [5.41, 5.74) is 6.21. The van der Waals surface area contributed by atoms with E-state index in [1.165, 1.54) is 11.6 Å². The zero-order valence-corrected chi connectivity index (χ0v) is 20.3. The zero-order chi connectivity index (χ0) is 22.9. The predicted octanol–water partition coefficient (Wildman–Crippen LogP) is 5.00. The van der Waals surface area contributed by atoms with E-state index in [1.54, 1.807) is 16.8 Å². The van der Waals surface area contributed by atoms with Crippen molar-refractivity contribution in [3.8, 4) is 0 Å². The first kappa shape index (κ1) is 23.2. The number of benzene rings is 1. The first-order valence-electron chi connectivity index (χ1n) is 10.2. The van der Waals surface area contributed by atoms with Gasteiger partial charge in [0.1, 0.15) is 5.82 Å². The van der Waals surface area contributed by atoms with Gasteiger partial charge in [0.05, 0.1) is 29.3 Å². The predicted molar refractivity (Wildman–Crippen MR) is 127 cm³/mol. The summed E-state index contributed by atoms with van der Waals surface area (Å²) in [4.78, 5) is 1.98. The molecule has 3 rings (SSSR count). The fourth-order valence-corrected chi connectivity index (χ4v) is 4.04. The third-order valence-corrected chi connectivity index (χ3v) is 6.32. The molecule has 0 saturated carbocycles. The third kappa shape index (κ3) is 4.75. The number of hydrogen-bond acceptors (Lipinski definition) is 3. The van der Waals surface area contributed by atoms with E-state index in [-0.39, 0.29) is 12.4 Å². The van der Waals surface area contributed by atoms with Crippen molar-refractivity contribution in [2.45, 2.75) is 54.3 Å². The Balaban J connectivity index is 1.77. The Hall–Kier alpha value is -2.45. The summed E-state index contributed by atoms with van der Waals surface area (Å²) in [7, 11) is 1.95. The van der Waals surface area contributed by atoms with Gasteiger partial charge in [-0.3, -0.25) is 9.36 Å². The van der Waals surface area contributed by atoms with Crippen LogP contribution in [0.1, 0.15) is 40.8 Å². The summed E-state index contributed by atoms with van der Waals surface area (Å²) in [5.74, 6) is -0.344. The number of nitrogens with zero attached hydrogens (tertiary/aromatic N) is 5. The van der Waals surface area contributed by atoms with E-state index in [2.05, 4.69) is 29.4 Å². The number of thiocarbonyl (C=S) groups is 1. The third-order valence-electron chi connectivity index (χ3n) is 5.56. The van der Waals surface area contributed by atoms with Crippen molar-refractivity contribution in [1.82, 2.24) is 24.5 Å². The first-order valence-corrected chi connectivity index (χ1v) is 10.9. The van der Waals surface area contributed by atoms with E-state index in [0.717, 1.165) is 35.0 Å². The normalized spacial score (nSPS) is 11.1. The van der Waals surface area contributed by atoms with Crippen molar-refractivity contribution in [1.29, 1.82) is 0 Å². The highest BCUT2D eigenvalue weighted by molar-refractivity contribution is 7.80. The molecule has 0 fully saturated rings. The van der Waals surface area contributed by atoms with Gasteiger partial charge in [-0.05, 0) is 59.0 Å². The topological polar surface area (TPSA) is 50.9 Å². The molecule has 0 aliphatic rings. The molecule has 0 bridgehead atoms. The molecule has 2 aromatic heterocycles. The molecule has 0 radical (unpaired) electrons. The minimum Gasteiger partial charge on any atom is -0.348 e. The monoisotopic (exact) mass is 462 g/mol. The maximum atomic E-state index is 14.2. The molecule has 31 heavy (non-hydrogen) atoms. The van der Waals surface area contributed by atoms with Crippen molar-refractivity contribution < 1.29 is 4.39 Å². The summed E-state index contributed by atoms with van der Waals surface area (Å²) < 4.78 is 18.0. The number of halogens is 2. The summed E-state index contributed by atoms with van der Waals surface area (Å²) in [6.07, 6.45) is 0. The van der Waals surface area contributed by atoms with Crippen LogP contribution in [0.25, 0.3) is 0 Å². The van der Waals surface area contributed by atoms with Crippen LogP contribution >= 0.6 is 23.8 Å². The molecule has 0 saturated heterocycles. The maximum absolute atomic E-state index is 14.2. The van der Waals surface area contributed by atoms with Gasteiger partial charge < -0.3 is 10.2 Å². The number of aromatic nitrogens is 4. The summed E-state index contributed by atoms with van der Waals surface area (Å²) >= 11 is 11.8. The van der Waals surface area contributed by atoms with Crippen molar-refractivity contribution in [2.24, 2.45) is 0 Å². The van der Waals surface area contributed by atoms with Gasteiger partial charge in [0.25, 0.3) is 0 Å². The largest absolute Gasteiger partial charge is 0.348 e. The molecule has 6 nitrogen and oxygen atoms in total. The fourth-order valence-electron chi connectivity index (χ4n) is 3.65. The molecule has 2 heterocycles. The lowest BCUT2D eigenvalue weighted by atomic mass is 10.2. The van der Waals surface area contributed by atoms with Crippen LogP contribution in [0.4, 0.5) is 10.1 Å². The minimum absolute atomic E-state index is 0.247. The van der Waals surface area contributed by atoms with Crippen molar-refractivity contribution in [3.63, 3.8) is 0 Å². The Morgan fingerprint density at radius 3 is 2.39 bits per heavy atom. The van der Waals surface area contributed by atoms with E-state index in [1.807, 2.05) is 37.4 Å². The first-order chi connectivity index (χ1) is 14.6. The fraction of sp³-hybridized carbons (Fsp3) is 0.409. The molecule has 9 heteroatoms. The van der Waals surface area contributed by atoms with Crippen LogP contribution in [0.5, 0.6) is 0 Å². The van der Waals surface area contributed by atoms with Gasteiger partial charge in [-0.25, -0.2) is 4.39 Å². The molecule has 0 amide bonds. The van der Waals surface area contributed by atoms with Gasteiger partial charge in [-0.15, -0.1) is 0 Å². The minimum atomic E-state index is -0.344. The van der Waals surface area contributed by atoms with Gasteiger partial charge in [0.15, 0.2) is 5.11 Å². The van der Waals surface area contributed by atoms with E-state index >= 15 is 0 Å². The Morgan fingerprint density at radius 1 is 1.10 bits per heavy atom. The lowest BCUT2D eigenvalue weighted by Crippen LogP contribution is -2.31. The maximum Gasteiger partial charge on any atom is 0.173 e. The quantitative estimate of drug-likeness (QED) is 0.522. The Kier molecular flexibility index (Phi) is 7.01. The molecule has 0 unspecified atom stereocenters. The van der Waals surface area contributed by atoms with E-state index in [9.17, 15) is 4.39 Å². The molecule has 0 aliphatic carbocycles. The summed E-state index contributed by atoms with van der Waals surface area (Å²) in [6.45, 7) is 11.7. The molecule has 3 aromatic rings. The molecule has 1 N–H and O–H groups in total. The van der Waals surface area contributed by atoms with Crippen LogP contribution in [-0.2, 0) is 19.6 Å². The molecule has 166 valence electrons. The Morgan fingerprint density at radius 2 is 1.77 bits per heavy atom. The van der Waals surface area contributed by atoms with Crippen LogP contribution in [0.2, 0.25) is 5.02 Å². The van der Waals surface area contributed by atoms with Gasteiger partial charge in [0, 0.05) is 42.0 Å². The van der Waals surface area contributed by atoms with E-state index in [4.69, 9.17) is 23.8 Å². The summed E-state index contributed by atoms with van der Waals surface area (Å²) in [5, 5.41) is 13.4. The molecule has 0 atom stereocenters. The number of hydrogen-bond donors (Lipinski definition) is 1. The lowest BCUT2D eigenvalue weighted by Gasteiger charge is -2.21. The zero-order valence-electron chi connectivity index (χ0n) is 18.8. The Labute approximate surface area is 193 Å². The van der Waals surface area contributed by atoms with Crippen LogP contribution in [0.3, 0.4) is 0 Å². The summed E-state index contributed by atoms with van der Waals surface area (Å²) in [6, 6.07) is 4.68. The van der Waals surface area contributed by atoms with Crippen LogP contribution in [-0.4, -0.2) is 36.6 Å². The van der Waals surface area contributed by atoms with E-state index < -0.39 is 0 Å². The molecule has 0 spiro atoms. The number of nitrogens with one attached hydrogen (secondary N) is 1. The standard InChI is InChI=1S/C22H28ClFN6S/c1-7-29-15(4)17(13(2)26-29)11-28(6)22(31)25-21-14(3)27-30(16(21)5)12-18-19(23)9-8-10-20(18)24/h8-10H,7,11-12H2,1-6H3,(H,25,31). The highest BCUT2D eigenvalue weighted by Crippen LogP contribution is 2.25. The van der Waals surface area contributed by atoms with Crippen molar-refractivity contribution in [3.05, 3.63) is 62.9 Å². The molecular weight excluding hydrogens is 435 g/mol. The lowest BCUT2D eigenvalue weighted by molar-refractivity contribution is 0.504. The van der Waals surface area contributed by atoms with Crippen LogP contribution in [0, 0.1) is 33.5 Å². The van der Waals surface area contributed by atoms with Crippen LogP contribution in [0.15, 0.2) is 18.2 Å². The molecular formula is C22H28ClFN6S. The van der Waals surface area contributed by atoms with Gasteiger partial charge in [-0.1, -0.05) is 17.7 Å². The average Bonchev–Trinajstić information content (AvgIpc) is 3.14. The van der Waals surface area contributed by atoms with Crippen molar-refractivity contribution >= 4 is 34.6 Å². The second-order valence-corrected chi connectivity index (χ2v) is 8.45. The van der Waals surface area contributed by atoms with Gasteiger partial charge in [-0.2, -0.15) is 10.2 Å². The number of anilines is 1. The molecule has 0 aliphatic heterocycles. The van der Waals surface area contributed by atoms with Gasteiger partial charge >= 0.3 is 0 Å². The second-order valence-electron chi connectivity index (χ2n) is 7.66. The van der Waals surface area contributed by atoms with Gasteiger partial charge in [0.2, 0.25) is 0 Å². The second kappa shape index (κ2) is 9.36. The number of aryl methyl sites for hydroxylation is 3. The highest BCUT2D eigenvalue weighted by Gasteiger charge is 2.18.